The Labute approximate surface area is 96.4 Å². The number of hydrogen-bond acceptors (Lipinski definition) is 4. The van der Waals surface area contributed by atoms with E-state index >= 15 is 0 Å². The van der Waals surface area contributed by atoms with Crippen LogP contribution in [0.5, 0.6) is 0 Å². The van der Waals surface area contributed by atoms with Gasteiger partial charge in [-0.25, -0.2) is 4.98 Å². The number of thiazole rings is 1. The largest absolute Gasteiger partial charge is 0.327 e. The summed E-state index contributed by atoms with van der Waals surface area (Å²) in [6, 6.07) is 0.354. The molecule has 0 radical (unpaired) electrons. The zero-order chi connectivity index (χ0) is 9.97. The van der Waals surface area contributed by atoms with Gasteiger partial charge in [0.25, 0.3) is 0 Å². The summed E-state index contributed by atoms with van der Waals surface area (Å²) in [5, 5.41) is 1.17. The lowest BCUT2D eigenvalue weighted by molar-refractivity contribution is 0.201. The van der Waals surface area contributed by atoms with Gasteiger partial charge < -0.3 is 5.73 Å². The van der Waals surface area contributed by atoms with E-state index in [9.17, 15) is 0 Å². The minimum atomic E-state index is 0.354. The Bertz CT molecular complexity index is 302. The molecule has 2 rings (SSSR count). The van der Waals surface area contributed by atoms with Gasteiger partial charge in [-0.05, 0) is 35.3 Å². The molecule has 1 atom stereocenters. The summed E-state index contributed by atoms with van der Waals surface area (Å²) in [5.74, 6) is 0. The highest BCUT2D eigenvalue weighted by Crippen LogP contribution is 2.21. The van der Waals surface area contributed by atoms with Crippen molar-refractivity contribution in [1.82, 2.24) is 9.88 Å². The topological polar surface area (TPSA) is 42.1 Å². The highest BCUT2D eigenvalue weighted by atomic mass is 79.9. The summed E-state index contributed by atoms with van der Waals surface area (Å²) in [5.41, 5.74) is 5.92. The van der Waals surface area contributed by atoms with Gasteiger partial charge in [0, 0.05) is 12.6 Å². The second-order valence-corrected chi connectivity index (χ2v) is 6.19. The fourth-order valence-corrected chi connectivity index (χ4v) is 3.13. The molecule has 1 aliphatic heterocycles. The van der Waals surface area contributed by atoms with Crippen LogP contribution in [0.25, 0.3) is 0 Å². The maximum atomic E-state index is 5.92. The van der Waals surface area contributed by atoms with Gasteiger partial charge in [0.1, 0.15) is 5.01 Å². The zero-order valence-electron chi connectivity index (χ0n) is 7.95. The maximum absolute atomic E-state index is 5.92. The highest BCUT2D eigenvalue weighted by molar-refractivity contribution is 9.11. The van der Waals surface area contributed by atoms with Crippen LogP contribution in [-0.4, -0.2) is 29.0 Å². The molecular weight excluding hydrogens is 262 g/mol. The molecule has 3 nitrogen and oxygen atoms in total. The summed E-state index contributed by atoms with van der Waals surface area (Å²) in [4.78, 5) is 6.71. The molecule has 0 unspecified atom stereocenters. The Morgan fingerprint density at radius 2 is 2.57 bits per heavy atom. The molecule has 0 bridgehead atoms. The summed E-state index contributed by atoms with van der Waals surface area (Å²) < 4.78 is 1.11. The molecule has 2 heterocycles. The van der Waals surface area contributed by atoms with E-state index in [1.807, 2.05) is 6.20 Å². The summed E-state index contributed by atoms with van der Waals surface area (Å²) in [7, 11) is 0. The average molecular weight is 276 g/mol. The molecule has 1 saturated heterocycles. The van der Waals surface area contributed by atoms with E-state index in [0.29, 0.717) is 6.04 Å². The van der Waals surface area contributed by atoms with Crippen LogP contribution in [0.3, 0.4) is 0 Å². The first-order valence-corrected chi connectivity index (χ1v) is 6.43. The SMILES string of the molecule is N[C@@H]1CCCN(Cc2ncc(Br)s2)C1. The number of halogens is 1. The lowest BCUT2D eigenvalue weighted by Gasteiger charge is -2.29. The Kier molecular flexibility index (Phi) is 3.54. The van der Waals surface area contributed by atoms with Crippen LogP contribution in [0.15, 0.2) is 9.98 Å². The van der Waals surface area contributed by atoms with E-state index in [2.05, 4.69) is 25.8 Å². The van der Waals surface area contributed by atoms with Crippen LogP contribution in [0.1, 0.15) is 17.8 Å². The fraction of sp³-hybridized carbons (Fsp3) is 0.667. The van der Waals surface area contributed by atoms with Gasteiger partial charge in [-0.2, -0.15) is 0 Å². The van der Waals surface area contributed by atoms with Crippen LogP contribution >= 0.6 is 27.3 Å². The molecule has 1 aromatic heterocycles. The minimum absolute atomic E-state index is 0.354. The van der Waals surface area contributed by atoms with Gasteiger partial charge in [0.05, 0.1) is 16.5 Å². The average Bonchev–Trinajstić information content (AvgIpc) is 2.51. The van der Waals surface area contributed by atoms with Gasteiger partial charge in [-0.1, -0.05) is 0 Å². The van der Waals surface area contributed by atoms with Crippen LogP contribution in [0.2, 0.25) is 0 Å². The third-order valence-electron chi connectivity index (χ3n) is 2.43. The van der Waals surface area contributed by atoms with Gasteiger partial charge in [0.2, 0.25) is 0 Å². The number of aromatic nitrogens is 1. The van der Waals surface area contributed by atoms with Gasteiger partial charge in [-0.3, -0.25) is 4.90 Å². The Morgan fingerprint density at radius 1 is 1.71 bits per heavy atom. The van der Waals surface area contributed by atoms with Gasteiger partial charge in [0.15, 0.2) is 0 Å². The monoisotopic (exact) mass is 275 g/mol. The van der Waals surface area contributed by atoms with Crippen molar-refractivity contribution < 1.29 is 0 Å². The number of nitrogens with zero attached hydrogens (tertiary/aromatic N) is 2. The molecule has 0 amide bonds. The van der Waals surface area contributed by atoms with E-state index in [-0.39, 0.29) is 0 Å². The predicted molar refractivity (Wildman–Crippen MR) is 62.3 cm³/mol. The fourth-order valence-electron chi connectivity index (χ4n) is 1.79. The molecule has 0 saturated carbocycles. The quantitative estimate of drug-likeness (QED) is 0.896. The first kappa shape index (κ1) is 10.5. The Hall–Kier alpha value is 0.0300. The number of likely N-dealkylation sites (tertiary alicyclic amines) is 1. The summed E-state index contributed by atoms with van der Waals surface area (Å²) in [6.07, 6.45) is 4.25. The van der Waals surface area contributed by atoms with Crippen molar-refractivity contribution in [3.8, 4) is 0 Å². The van der Waals surface area contributed by atoms with Crippen LogP contribution in [0.4, 0.5) is 0 Å². The van der Waals surface area contributed by atoms with Crippen molar-refractivity contribution in [3.63, 3.8) is 0 Å². The van der Waals surface area contributed by atoms with Crippen LogP contribution in [-0.2, 0) is 6.54 Å². The van der Waals surface area contributed by atoms with Crippen LogP contribution in [0, 0.1) is 0 Å². The first-order chi connectivity index (χ1) is 6.74. The second kappa shape index (κ2) is 4.70. The third-order valence-corrected chi connectivity index (χ3v) is 3.89. The molecule has 0 aliphatic carbocycles. The van der Waals surface area contributed by atoms with E-state index in [1.165, 1.54) is 11.4 Å². The smallest absolute Gasteiger partial charge is 0.108 e. The van der Waals surface area contributed by atoms with E-state index in [4.69, 9.17) is 5.73 Å². The molecule has 14 heavy (non-hydrogen) atoms. The molecule has 1 aromatic rings. The first-order valence-electron chi connectivity index (χ1n) is 4.82. The number of piperidine rings is 1. The lowest BCUT2D eigenvalue weighted by Crippen LogP contribution is -2.42. The maximum Gasteiger partial charge on any atom is 0.108 e. The molecule has 0 spiro atoms. The Morgan fingerprint density at radius 3 is 3.21 bits per heavy atom. The predicted octanol–water partition coefficient (Wildman–Crippen LogP) is 1.83. The van der Waals surface area contributed by atoms with E-state index < -0.39 is 0 Å². The Balaban J connectivity index is 1.90. The molecule has 0 aromatic carbocycles. The normalized spacial score (nSPS) is 24.0. The number of rotatable bonds is 2. The summed E-state index contributed by atoms with van der Waals surface area (Å²) in [6.45, 7) is 3.12. The minimum Gasteiger partial charge on any atom is -0.327 e. The van der Waals surface area contributed by atoms with E-state index in [0.717, 1.165) is 29.8 Å². The molecule has 5 heteroatoms. The summed E-state index contributed by atoms with van der Waals surface area (Å²) >= 11 is 5.13. The highest BCUT2D eigenvalue weighted by Gasteiger charge is 2.17. The van der Waals surface area contributed by atoms with Crippen LogP contribution < -0.4 is 5.73 Å². The molecular formula is C9H14BrN3S. The number of nitrogens with two attached hydrogens (primary N) is 1. The number of hydrogen-bond donors (Lipinski definition) is 1. The van der Waals surface area contributed by atoms with Gasteiger partial charge in [-0.15, -0.1) is 11.3 Å². The van der Waals surface area contributed by atoms with Crippen molar-refractivity contribution in [2.75, 3.05) is 13.1 Å². The van der Waals surface area contributed by atoms with Crippen molar-refractivity contribution in [2.24, 2.45) is 5.73 Å². The van der Waals surface area contributed by atoms with E-state index in [1.54, 1.807) is 11.3 Å². The second-order valence-electron chi connectivity index (χ2n) is 3.70. The van der Waals surface area contributed by atoms with Crippen molar-refractivity contribution in [1.29, 1.82) is 0 Å². The molecule has 2 N–H and O–H groups in total. The standard InChI is InChI=1S/C9H14BrN3S/c10-8-4-12-9(14-8)6-13-3-1-2-7(11)5-13/h4,7H,1-3,5-6,11H2/t7-/m1/s1. The van der Waals surface area contributed by atoms with Crippen molar-refractivity contribution in [3.05, 3.63) is 15.0 Å². The lowest BCUT2D eigenvalue weighted by atomic mass is 10.1. The molecule has 1 fully saturated rings. The molecule has 1 aliphatic rings. The van der Waals surface area contributed by atoms with Crippen molar-refractivity contribution in [2.45, 2.75) is 25.4 Å². The van der Waals surface area contributed by atoms with Crippen molar-refractivity contribution >= 4 is 27.3 Å². The third kappa shape index (κ3) is 2.76. The van der Waals surface area contributed by atoms with Gasteiger partial charge >= 0.3 is 0 Å². The molecule has 78 valence electrons. The zero-order valence-corrected chi connectivity index (χ0v) is 10.4.